The van der Waals surface area contributed by atoms with E-state index >= 15 is 0 Å². The third kappa shape index (κ3) is 2.28. The van der Waals surface area contributed by atoms with Gasteiger partial charge in [-0.15, -0.1) is 0 Å². The molecule has 2 aromatic rings. The van der Waals surface area contributed by atoms with Crippen LogP contribution in [-0.2, 0) is 6.61 Å². The predicted molar refractivity (Wildman–Crippen MR) is 68.4 cm³/mol. The number of imidazole rings is 1. The fourth-order valence-electron chi connectivity index (χ4n) is 2.32. The second-order valence-corrected chi connectivity index (χ2v) is 5.59. The summed E-state index contributed by atoms with van der Waals surface area (Å²) in [6.07, 6.45) is 2.48. The highest BCUT2D eigenvalue weighted by Crippen LogP contribution is 2.31. The molecule has 1 saturated heterocycles. The Labute approximate surface area is 113 Å². The molecule has 1 amide bonds. The number of carbonyl (C=O) groups is 1. The summed E-state index contributed by atoms with van der Waals surface area (Å²) in [6.45, 7) is 1.04. The Balaban J connectivity index is 1.74. The number of aliphatic hydroxyl groups is 1. The molecule has 1 aliphatic heterocycles. The van der Waals surface area contributed by atoms with Crippen LogP contribution >= 0.6 is 11.3 Å². The number of piperidine rings is 1. The van der Waals surface area contributed by atoms with Crippen LogP contribution in [0, 0.1) is 0 Å². The van der Waals surface area contributed by atoms with E-state index in [2.05, 4.69) is 10.1 Å². The monoisotopic (exact) mass is 282 g/mol. The molecule has 1 aliphatic rings. The molecule has 3 rings (SSSR count). The van der Waals surface area contributed by atoms with Crippen LogP contribution in [0.5, 0.6) is 0 Å². The summed E-state index contributed by atoms with van der Waals surface area (Å²) < 4.78 is 1.69. The molecule has 0 aliphatic carbocycles. The zero-order chi connectivity index (χ0) is 13.4. The first-order chi connectivity index (χ1) is 9.17. The maximum Gasteiger partial charge on any atom is 0.407 e. The molecule has 0 spiro atoms. The van der Waals surface area contributed by atoms with Crippen LogP contribution in [0.25, 0.3) is 4.96 Å². The Bertz CT molecular complexity index is 569. The minimum absolute atomic E-state index is 0.0809. The minimum Gasteiger partial charge on any atom is -0.465 e. The summed E-state index contributed by atoms with van der Waals surface area (Å²) in [6, 6.07) is 0. The maximum absolute atomic E-state index is 10.8. The van der Waals surface area contributed by atoms with E-state index in [1.807, 2.05) is 0 Å². The van der Waals surface area contributed by atoms with Crippen molar-refractivity contribution in [1.82, 2.24) is 19.5 Å². The van der Waals surface area contributed by atoms with E-state index in [-0.39, 0.29) is 6.61 Å². The van der Waals surface area contributed by atoms with Gasteiger partial charge in [0.2, 0.25) is 4.96 Å². The number of fused-ring (bicyclic) bond motifs is 1. The van der Waals surface area contributed by atoms with E-state index in [1.165, 1.54) is 16.2 Å². The lowest BCUT2D eigenvalue weighted by Crippen LogP contribution is -2.36. The molecule has 2 N–H and O–H groups in total. The number of hydrogen-bond donors (Lipinski definition) is 2. The van der Waals surface area contributed by atoms with Crippen molar-refractivity contribution >= 4 is 22.4 Å². The van der Waals surface area contributed by atoms with Gasteiger partial charge in [-0.3, -0.25) is 0 Å². The number of nitrogens with zero attached hydrogens (tertiary/aromatic N) is 4. The molecule has 19 heavy (non-hydrogen) atoms. The Kier molecular flexibility index (Phi) is 3.11. The first-order valence-corrected chi connectivity index (χ1v) is 6.92. The molecule has 3 heterocycles. The molecule has 0 aromatic carbocycles. The van der Waals surface area contributed by atoms with Gasteiger partial charge in [-0.05, 0) is 12.8 Å². The van der Waals surface area contributed by atoms with Crippen molar-refractivity contribution in [2.75, 3.05) is 13.1 Å². The van der Waals surface area contributed by atoms with E-state index in [9.17, 15) is 4.79 Å². The average molecular weight is 282 g/mol. The van der Waals surface area contributed by atoms with Crippen molar-refractivity contribution in [2.45, 2.75) is 25.4 Å². The lowest BCUT2D eigenvalue weighted by molar-refractivity contribution is 0.132. The van der Waals surface area contributed by atoms with Crippen molar-refractivity contribution in [3.63, 3.8) is 0 Å². The minimum atomic E-state index is -0.847. The number of carboxylic acid groups (broad SMARTS) is 1. The zero-order valence-corrected chi connectivity index (χ0v) is 11.0. The van der Waals surface area contributed by atoms with Crippen LogP contribution in [0.4, 0.5) is 4.79 Å². The lowest BCUT2D eigenvalue weighted by Gasteiger charge is -2.28. The van der Waals surface area contributed by atoms with Crippen molar-refractivity contribution in [3.05, 3.63) is 16.9 Å². The fraction of sp³-hybridized carbons (Fsp3) is 0.545. The molecule has 2 aromatic heterocycles. The topological polar surface area (TPSA) is 91.0 Å². The molecule has 7 nitrogen and oxygen atoms in total. The van der Waals surface area contributed by atoms with Crippen LogP contribution < -0.4 is 0 Å². The molecule has 102 valence electrons. The summed E-state index contributed by atoms with van der Waals surface area (Å²) in [5, 5.41) is 23.4. The molecule has 0 saturated carbocycles. The van der Waals surface area contributed by atoms with E-state index in [0.717, 1.165) is 22.8 Å². The Hall–Kier alpha value is -1.67. The summed E-state index contributed by atoms with van der Waals surface area (Å²) in [5.74, 6) is 0.305. The van der Waals surface area contributed by atoms with Crippen molar-refractivity contribution < 1.29 is 15.0 Å². The van der Waals surface area contributed by atoms with Gasteiger partial charge in [-0.1, -0.05) is 11.3 Å². The van der Waals surface area contributed by atoms with Gasteiger partial charge in [0.15, 0.2) is 0 Å². The highest BCUT2D eigenvalue weighted by molar-refractivity contribution is 7.16. The van der Waals surface area contributed by atoms with Crippen molar-refractivity contribution in [1.29, 1.82) is 0 Å². The number of hydrogen-bond acceptors (Lipinski definition) is 5. The van der Waals surface area contributed by atoms with Crippen LogP contribution in [0.15, 0.2) is 6.20 Å². The fourth-order valence-corrected chi connectivity index (χ4v) is 3.39. The van der Waals surface area contributed by atoms with Gasteiger partial charge in [-0.2, -0.15) is 5.10 Å². The molecule has 1 fully saturated rings. The molecule has 8 heteroatoms. The Morgan fingerprint density at radius 1 is 1.47 bits per heavy atom. The highest BCUT2D eigenvalue weighted by atomic mass is 32.1. The highest BCUT2D eigenvalue weighted by Gasteiger charge is 2.26. The number of aliphatic hydroxyl groups excluding tert-OH is 1. The average Bonchev–Trinajstić information content (AvgIpc) is 2.96. The van der Waals surface area contributed by atoms with E-state index in [4.69, 9.17) is 10.2 Å². The van der Waals surface area contributed by atoms with Crippen LogP contribution in [0.2, 0.25) is 0 Å². The molecular formula is C11H14N4O3S. The van der Waals surface area contributed by atoms with Crippen LogP contribution in [0.3, 0.4) is 0 Å². The Morgan fingerprint density at radius 3 is 2.79 bits per heavy atom. The van der Waals surface area contributed by atoms with Gasteiger partial charge in [0.1, 0.15) is 5.01 Å². The van der Waals surface area contributed by atoms with E-state index < -0.39 is 6.09 Å². The van der Waals surface area contributed by atoms with Gasteiger partial charge < -0.3 is 15.1 Å². The second-order valence-electron chi connectivity index (χ2n) is 4.60. The van der Waals surface area contributed by atoms with E-state index in [0.29, 0.717) is 24.7 Å². The largest absolute Gasteiger partial charge is 0.465 e. The quantitative estimate of drug-likeness (QED) is 0.862. The first kappa shape index (κ1) is 12.4. The molecular weight excluding hydrogens is 268 g/mol. The number of amides is 1. The summed E-state index contributed by atoms with van der Waals surface area (Å²) in [5.41, 5.74) is 0.617. The van der Waals surface area contributed by atoms with E-state index in [1.54, 1.807) is 10.7 Å². The smallest absolute Gasteiger partial charge is 0.407 e. The van der Waals surface area contributed by atoms with Gasteiger partial charge in [0.05, 0.1) is 18.5 Å². The lowest BCUT2D eigenvalue weighted by atomic mass is 9.98. The number of rotatable bonds is 2. The molecule has 0 radical (unpaired) electrons. The Morgan fingerprint density at radius 2 is 2.21 bits per heavy atom. The summed E-state index contributed by atoms with van der Waals surface area (Å²) in [4.78, 5) is 17.3. The maximum atomic E-state index is 10.8. The molecule has 0 bridgehead atoms. The van der Waals surface area contributed by atoms with Crippen molar-refractivity contribution in [3.8, 4) is 0 Å². The summed E-state index contributed by atoms with van der Waals surface area (Å²) in [7, 11) is 0. The first-order valence-electron chi connectivity index (χ1n) is 6.11. The second kappa shape index (κ2) is 4.78. The molecule has 0 unspecified atom stereocenters. The SMILES string of the molecule is O=C(O)N1CCC(c2nn3cc(CO)nc3s2)CC1. The van der Waals surface area contributed by atoms with Gasteiger partial charge >= 0.3 is 6.09 Å². The molecule has 0 atom stereocenters. The third-order valence-corrected chi connectivity index (χ3v) is 4.47. The third-order valence-electron chi connectivity index (χ3n) is 3.39. The van der Waals surface area contributed by atoms with Gasteiger partial charge in [0, 0.05) is 19.0 Å². The normalized spacial score (nSPS) is 17.2. The standard InChI is InChI=1S/C11H14N4O3S/c16-6-8-5-15-10(12-8)19-9(13-15)7-1-3-14(4-2-7)11(17)18/h5,7,16H,1-4,6H2,(H,17,18). The number of likely N-dealkylation sites (tertiary alicyclic amines) is 1. The van der Waals surface area contributed by atoms with Crippen molar-refractivity contribution in [2.24, 2.45) is 0 Å². The van der Waals surface area contributed by atoms with Crippen LogP contribution in [-0.4, -0.2) is 48.9 Å². The zero-order valence-electron chi connectivity index (χ0n) is 10.2. The predicted octanol–water partition coefficient (Wildman–Crippen LogP) is 1.14. The van der Waals surface area contributed by atoms with Gasteiger partial charge in [0.25, 0.3) is 0 Å². The van der Waals surface area contributed by atoms with Crippen LogP contribution in [0.1, 0.15) is 29.5 Å². The number of aromatic nitrogens is 3. The van der Waals surface area contributed by atoms with Gasteiger partial charge in [-0.25, -0.2) is 14.3 Å². The summed E-state index contributed by atoms with van der Waals surface area (Å²) >= 11 is 1.51.